The molecule has 138 valence electrons. The van der Waals surface area contributed by atoms with E-state index in [1.54, 1.807) is 0 Å². The van der Waals surface area contributed by atoms with Crippen LogP contribution in [0.25, 0.3) is 0 Å². The van der Waals surface area contributed by atoms with Gasteiger partial charge >= 0.3 is 5.97 Å². The van der Waals surface area contributed by atoms with E-state index in [2.05, 4.69) is 0 Å². The summed E-state index contributed by atoms with van der Waals surface area (Å²) in [5.74, 6) is -2.25. The number of Topliss-reactive ketones (excluding diaryl/α,β-unsaturated/α-hetero) is 2. The minimum Gasteiger partial charge on any atom is -0.467 e. The summed E-state index contributed by atoms with van der Waals surface area (Å²) in [5.41, 5.74) is -2.12. The highest BCUT2D eigenvalue weighted by molar-refractivity contribution is 5.95. The molecule has 7 nitrogen and oxygen atoms in total. The van der Waals surface area contributed by atoms with Crippen molar-refractivity contribution in [2.75, 3.05) is 21.3 Å². The summed E-state index contributed by atoms with van der Waals surface area (Å²) in [5, 5.41) is 0. The molecular formula is C18H24O7. The van der Waals surface area contributed by atoms with Crippen molar-refractivity contribution in [2.45, 2.75) is 56.0 Å². The van der Waals surface area contributed by atoms with Gasteiger partial charge in [-0.05, 0) is 19.3 Å². The van der Waals surface area contributed by atoms with E-state index >= 15 is 0 Å². The maximum Gasteiger partial charge on any atom is 0.338 e. The van der Waals surface area contributed by atoms with Gasteiger partial charge in [0.15, 0.2) is 11.4 Å². The summed E-state index contributed by atoms with van der Waals surface area (Å²) in [7, 11) is 4.36. The summed E-state index contributed by atoms with van der Waals surface area (Å²) in [6.07, 6.45) is 1.69. The summed E-state index contributed by atoms with van der Waals surface area (Å²) in [6, 6.07) is 0. The van der Waals surface area contributed by atoms with Gasteiger partial charge in [0.25, 0.3) is 0 Å². The second-order valence-electron chi connectivity index (χ2n) is 7.76. The SMILES string of the molecule is COC(=O)[C@@]12C[C@H]3CC[C@@]1(CC3=O)[C@H]1C(=O)CCC(OC)(OC)[C@H]1O2. The Labute approximate surface area is 146 Å². The molecule has 5 fully saturated rings. The van der Waals surface area contributed by atoms with Crippen molar-refractivity contribution in [1.82, 2.24) is 0 Å². The van der Waals surface area contributed by atoms with Gasteiger partial charge in [0.05, 0.1) is 13.0 Å². The molecule has 1 aliphatic heterocycles. The highest BCUT2D eigenvalue weighted by Gasteiger charge is 2.79. The summed E-state index contributed by atoms with van der Waals surface area (Å²) < 4.78 is 22.7. The highest BCUT2D eigenvalue weighted by atomic mass is 16.7. The lowest BCUT2D eigenvalue weighted by molar-refractivity contribution is -0.288. The lowest BCUT2D eigenvalue weighted by Gasteiger charge is -2.54. The van der Waals surface area contributed by atoms with E-state index in [4.69, 9.17) is 18.9 Å². The number of esters is 1. The predicted molar refractivity (Wildman–Crippen MR) is 83.5 cm³/mol. The number of fused-ring (bicyclic) bond motifs is 3. The van der Waals surface area contributed by atoms with Crippen molar-refractivity contribution in [1.29, 1.82) is 0 Å². The van der Waals surface area contributed by atoms with Gasteiger partial charge in [0, 0.05) is 44.8 Å². The molecule has 4 saturated carbocycles. The molecule has 1 spiro atoms. The van der Waals surface area contributed by atoms with Crippen molar-refractivity contribution in [2.24, 2.45) is 17.3 Å². The van der Waals surface area contributed by atoms with E-state index in [9.17, 15) is 14.4 Å². The van der Waals surface area contributed by atoms with Crippen molar-refractivity contribution in [3.8, 4) is 0 Å². The van der Waals surface area contributed by atoms with Gasteiger partial charge in [-0.25, -0.2) is 4.79 Å². The Morgan fingerprint density at radius 3 is 2.44 bits per heavy atom. The fourth-order valence-corrected chi connectivity index (χ4v) is 5.94. The molecule has 0 amide bonds. The van der Waals surface area contributed by atoms with Crippen LogP contribution >= 0.6 is 0 Å². The standard InChI is InChI=1S/C18H24O7/c1-22-15(21)17-8-10-4-6-16(17,9-12(10)20)13-11(19)5-7-18(23-2,24-3)14(13)25-17/h10,13-14H,4-9H2,1-3H3/t10-,13+,14+,16-,17+/m1/s1. The van der Waals surface area contributed by atoms with Crippen molar-refractivity contribution >= 4 is 17.5 Å². The minimum atomic E-state index is -1.27. The van der Waals surface area contributed by atoms with E-state index in [1.807, 2.05) is 0 Å². The second-order valence-corrected chi connectivity index (χ2v) is 7.76. The molecule has 0 N–H and O–H groups in total. The fourth-order valence-electron chi connectivity index (χ4n) is 5.94. The number of ketones is 2. The molecule has 0 aromatic heterocycles. The molecule has 4 aliphatic carbocycles. The molecule has 0 radical (unpaired) electrons. The second kappa shape index (κ2) is 5.34. The molecule has 0 unspecified atom stereocenters. The van der Waals surface area contributed by atoms with Gasteiger partial charge in [0.2, 0.25) is 0 Å². The Bertz CT molecular complexity index is 639. The summed E-state index contributed by atoms with van der Waals surface area (Å²) in [6.45, 7) is 0. The van der Waals surface area contributed by atoms with Gasteiger partial charge in [-0.2, -0.15) is 0 Å². The molecule has 0 aromatic carbocycles. The van der Waals surface area contributed by atoms with Crippen LogP contribution < -0.4 is 0 Å². The number of carbonyl (C=O) groups is 3. The predicted octanol–water partition coefficient (Wildman–Crippen LogP) is 1.02. The number of methoxy groups -OCH3 is 3. The van der Waals surface area contributed by atoms with Crippen LogP contribution in [-0.2, 0) is 33.3 Å². The van der Waals surface area contributed by atoms with Crippen molar-refractivity contribution in [3.63, 3.8) is 0 Å². The number of hydrogen-bond acceptors (Lipinski definition) is 7. The molecule has 5 rings (SSSR count). The van der Waals surface area contributed by atoms with Gasteiger partial charge in [-0.1, -0.05) is 0 Å². The van der Waals surface area contributed by atoms with Crippen LogP contribution in [0.5, 0.6) is 0 Å². The third-order valence-electron chi connectivity index (χ3n) is 7.15. The van der Waals surface area contributed by atoms with Crippen molar-refractivity contribution in [3.05, 3.63) is 0 Å². The number of hydrogen-bond donors (Lipinski definition) is 0. The first-order valence-electron chi connectivity index (χ1n) is 8.82. The van der Waals surface area contributed by atoms with Gasteiger partial charge in [-0.3, -0.25) is 9.59 Å². The third-order valence-corrected chi connectivity index (χ3v) is 7.15. The van der Waals surface area contributed by atoms with E-state index < -0.39 is 34.8 Å². The molecule has 1 saturated heterocycles. The molecule has 2 bridgehead atoms. The molecule has 0 aromatic rings. The Hall–Kier alpha value is -1.31. The lowest BCUT2D eigenvalue weighted by atomic mass is 9.47. The first kappa shape index (κ1) is 17.1. The normalized spacial score (nSPS) is 44.4. The molecule has 7 heteroatoms. The monoisotopic (exact) mass is 352 g/mol. The van der Waals surface area contributed by atoms with Gasteiger partial charge in [-0.15, -0.1) is 0 Å². The average Bonchev–Trinajstić information content (AvgIpc) is 2.94. The first-order chi connectivity index (χ1) is 11.9. The van der Waals surface area contributed by atoms with Crippen LogP contribution in [0.2, 0.25) is 0 Å². The van der Waals surface area contributed by atoms with E-state index in [0.717, 1.165) is 0 Å². The summed E-state index contributed by atoms with van der Waals surface area (Å²) in [4.78, 5) is 38.3. The Balaban J connectivity index is 1.90. The van der Waals surface area contributed by atoms with Crippen molar-refractivity contribution < 1.29 is 33.3 Å². The molecule has 5 atom stereocenters. The van der Waals surface area contributed by atoms with Crippen LogP contribution in [0.1, 0.15) is 38.5 Å². The molecule has 5 aliphatic rings. The minimum absolute atomic E-state index is 0.0219. The van der Waals surface area contributed by atoms with E-state index in [-0.39, 0.29) is 36.7 Å². The Morgan fingerprint density at radius 2 is 1.84 bits per heavy atom. The fraction of sp³-hybridized carbons (Fsp3) is 0.833. The zero-order valence-corrected chi connectivity index (χ0v) is 14.8. The third kappa shape index (κ3) is 1.84. The Kier molecular flexibility index (Phi) is 3.66. The molecule has 25 heavy (non-hydrogen) atoms. The van der Waals surface area contributed by atoms with E-state index in [0.29, 0.717) is 19.3 Å². The average molecular weight is 352 g/mol. The van der Waals surface area contributed by atoms with Crippen LogP contribution in [0, 0.1) is 17.3 Å². The molecule has 1 heterocycles. The van der Waals surface area contributed by atoms with Crippen LogP contribution in [0.15, 0.2) is 0 Å². The zero-order chi connectivity index (χ0) is 18.0. The largest absolute Gasteiger partial charge is 0.467 e. The maximum atomic E-state index is 12.9. The van der Waals surface area contributed by atoms with Gasteiger partial charge < -0.3 is 18.9 Å². The number of rotatable bonds is 3. The topological polar surface area (TPSA) is 88.1 Å². The highest BCUT2D eigenvalue weighted by Crippen LogP contribution is 2.68. The smallest absolute Gasteiger partial charge is 0.338 e. The van der Waals surface area contributed by atoms with Crippen LogP contribution in [0.4, 0.5) is 0 Å². The Morgan fingerprint density at radius 1 is 1.12 bits per heavy atom. The lowest BCUT2D eigenvalue weighted by Crippen LogP contribution is -2.64. The quantitative estimate of drug-likeness (QED) is 0.553. The number of carbonyl (C=O) groups excluding carboxylic acids is 3. The maximum absolute atomic E-state index is 12.9. The van der Waals surface area contributed by atoms with Gasteiger partial charge in [0.1, 0.15) is 17.7 Å². The van der Waals surface area contributed by atoms with Crippen LogP contribution in [-0.4, -0.2) is 56.4 Å². The number of ether oxygens (including phenoxy) is 4. The van der Waals surface area contributed by atoms with Crippen LogP contribution in [0.3, 0.4) is 0 Å². The van der Waals surface area contributed by atoms with E-state index in [1.165, 1.54) is 21.3 Å². The first-order valence-corrected chi connectivity index (χ1v) is 8.82. The zero-order valence-electron chi connectivity index (χ0n) is 14.8. The molecular weight excluding hydrogens is 328 g/mol. The summed E-state index contributed by atoms with van der Waals surface area (Å²) >= 11 is 0.